The molecular weight excluding hydrogens is 276 g/mol. The second kappa shape index (κ2) is 7.06. The highest BCUT2D eigenvalue weighted by Gasteiger charge is 2.24. The standard InChI is InChI=1S/C14H22N2O3S/c15-9-12-19-13-5-7-14(8-6-13)20(17,18)16-10-3-1-2-4-11-16/h5-8H,1-4,9-12,15H2. The summed E-state index contributed by atoms with van der Waals surface area (Å²) in [5, 5.41) is 0. The number of hydrogen-bond acceptors (Lipinski definition) is 4. The van der Waals surface area contributed by atoms with Gasteiger partial charge in [0.15, 0.2) is 0 Å². The Morgan fingerprint density at radius 2 is 1.65 bits per heavy atom. The first kappa shape index (κ1) is 15.3. The van der Waals surface area contributed by atoms with E-state index in [9.17, 15) is 8.42 Å². The van der Waals surface area contributed by atoms with Crippen LogP contribution in [0.2, 0.25) is 0 Å². The monoisotopic (exact) mass is 298 g/mol. The van der Waals surface area contributed by atoms with Gasteiger partial charge in [0.05, 0.1) is 4.90 Å². The van der Waals surface area contributed by atoms with E-state index in [0.29, 0.717) is 36.9 Å². The molecule has 1 saturated heterocycles. The second-order valence-corrected chi connectivity index (χ2v) is 6.86. The molecule has 0 amide bonds. The van der Waals surface area contributed by atoms with Gasteiger partial charge < -0.3 is 10.5 Å². The minimum absolute atomic E-state index is 0.333. The lowest BCUT2D eigenvalue weighted by molar-refractivity contribution is 0.328. The minimum atomic E-state index is -3.37. The van der Waals surface area contributed by atoms with Crippen molar-refractivity contribution in [2.24, 2.45) is 5.73 Å². The molecule has 2 rings (SSSR count). The largest absolute Gasteiger partial charge is 0.492 e. The van der Waals surface area contributed by atoms with E-state index in [2.05, 4.69) is 0 Å². The fraction of sp³-hybridized carbons (Fsp3) is 0.571. The van der Waals surface area contributed by atoms with Gasteiger partial charge in [0, 0.05) is 19.6 Å². The topological polar surface area (TPSA) is 72.6 Å². The zero-order valence-electron chi connectivity index (χ0n) is 11.6. The second-order valence-electron chi connectivity index (χ2n) is 4.93. The Balaban J connectivity index is 2.12. The normalized spacial score (nSPS) is 17.6. The number of nitrogens with zero attached hydrogens (tertiary/aromatic N) is 1. The third-order valence-electron chi connectivity index (χ3n) is 3.41. The molecule has 1 aliphatic rings. The molecule has 0 spiro atoms. The van der Waals surface area contributed by atoms with E-state index in [1.54, 1.807) is 28.6 Å². The van der Waals surface area contributed by atoms with Crippen LogP contribution in [-0.4, -0.2) is 39.0 Å². The van der Waals surface area contributed by atoms with Crippen LogP contribution in [0.15, 0.2) is 29.2 Å². The number of hydrogen-bond donors (Lipinski definition) is 1. The van der Waals surface area contributed by atoms with Gasteiger partial charge in [0.25, 0.3) is 0 Å². The summed E-state index contributed by atoms with van der Waals surface area (Å²) in [4.78, 5) is 0.333. The van der Waals surface area contributed by atoms with Gasteiger partial charge in [-0.2, -0.15) is 4.31 Å². The summed E-state index contributed by atoms with van der Waals surface area (Å²) >= 11 is 0. The zero-order valence-corrected chi connectivity index (χ0v) is 12.4. The first-order valence-electron chi connectivity index (χ1n) is 7.07. The molecule has 20 heavy (non-hydrogen) atoms. The number of ether oxygens (including phenoxy) is 1. The van der Waals surface area contributed by atoms with Crippen molar-refractivity contribution in [2.75, 3.05) is 26.2 Å². The van der Waals surface area contributed by atoms with Crippen molar-refractivity contribution in [3.05, 3.63) is 24.3 Å². The predicted molar refractivity (Wildman–Crippen MR) is 78.2 cm³/mol. The van der Waals surface area contributed by atoms with Crippen LogP contribution in [-0.2, 0) is 10.0 Å². The Kier molecular flexibility index (Phi) is 5.39. The van der Waals surface area contributed by atoms with Crippen LogP contribution in [0.4, 0.5) is 0 Å². The molecule has 0 aliphatic carbocycles. The van der Waals surface area contributed by atoms with E-state index >= 15 is 0 Å². The average Bonchev–Trinajstić information content (AvgIpc) is 2.75. The lowest BCUT2D eigenvalue weighted by Crippen LogP contribution is -2.31. The number of sulfonamides is 1. The van der Waals surface area contributed by atoms with E-state index in [0.717, 1.165) is 25.7 Å². The Morgan fingerprint density at radius 3 is 2.20 bits per heavy atom. The first-order chi connectivity index (χ1) is 9.64. The van der Waals surface area contributed by atoms with Gasteiger partial charge in [-0.15, -0.1) is 0 Å². The molecule has 1 fully saturated rings. The molecule has 112 valence electrons. The fourth-order valence-electron chi connectivity index (χ4n) is 2.32. The van der Waals surface area contributed by atoms with E-state index in [-0.39, 0.29) is 0 Å². The molecule has 1 heterocycles. The highest BCUT2D eigenvalue weighted by Crippen LogP contribution is 2.22. The maximum atomic E-state index is 12.5. The van der Waals surface area contributed by atoms with Crippen molar-refractivity contribution >= 4 is 10.0 Å². The summed E-state index contributed by atoms with van der Waals surface area (Å²) < 4.78 is 32.0. The van der Waals surface area contributed by atoms with Crippen molar-refractivity contribution in [1.29, 1.82) is 0 Å². The van der Waals surface area contributed by atoms with Crippen molar-refractivity contribution in [3.8, 4) is 5.75 Å². The molecular formula is C14H22N2O3S. The van der Waals surface area contributed by atoms with Crippen LogP contribution in [0.25, 0.3) is 0 Å². The molecule has 1 aromatic carbocycles. The summed E-state index contributed by atoms with van der Waals surface area (Å²) in [6.45, 7) is 2.10. The SMILES string of the molecule is NCCOc1ccc(S(=O)(=O)N2CCCCCC2)cc1. The van der Waals surface area contributed by atoms with Crippen LogP contribution in [0, 0.1) is 0 Å². The van der Waals surface area contributed by atoms with Gasteiger partial charge in [-0.3, -0.25) is 0 Å². The fourth-order valence-corrected chi connectivity index (χ4v) is 3.83. The predicted octanol–water partition coefficient (Wildman–Crippen LogP) is 1.59. The minimum Gasteiger partial charge on any atom is -0.492 e. The summed E-state index contributed by atoms with van der Waals surface area (Å²) in [6, 6.07) is 6.57. The molecule has 0 radical (unpaired) electrons. The molecule has 0 saturated carbocycles. The van der Waals surface area contributed by atoms with Crippen LogP contribution < -0.4 is 10.5 Å². The number of benzene rings is 1. The van der Waals surface area contributed by atoms with Crippen LogP contribution in [0.1, 0.15) is 25.7 Å². The van der Waals surface area contributed by atoms with Crippen LogP contribution in [0.3, 0.4) is 0 Å². The zero-order chi connectivity index (χ0) is 14.4. The van der Waals surface area contributed by atoms with E-state index in [1.807, 2.05) is 0 Å². The number of rotatable bonds is 5. The maximum absolute atomic E-state index is 12.5. The lowest BCUT2D eigenvalue weighted by atomic mass is 10.2. The summed E-state index contributed by atoms with van der Waals surface area (Å²) in [6.07, 6.45) is 4.10. The molecule has 5 nitrogen and oxygen atoms in total. The highest BCUT2D eigenvalue weighted by atomic mass is 32.2. The highest BCUT2D eigenvalue weighted by molar-refractivity contribution is 7.89. The third kappa shape index (κ3) is 3.71. The van der Waals surface area contributed by atoms with E-state index in [1.165, 1.54) is 0 Å². The molecule has 2 N–H and O–H groups in total. The molecule has 6 heteroatoms. The van der Waals surface area contributed by atoms with Crippen molar-refractivity contribution in [3.63, 3.8) is 0 Å². The Morgan fingerprint density at radius 1 is 1.05 bits per heavy atom. The van der Waals surface area contributed by atoms with Crippen LogP contribution >= 0.6 is 0 Å². The summed E-state index contributed by atoms with van der Waals surface area (Å²) in [5.41, 5.74) is 5.36. The molecule has 0 unspecified atom stereocenters. The van der Waals surface area contributed by atoms with Crippen molar-refractivity contribution in [2.45, 2.75) is 30.6 Å². The Hall–Kier alpha value is -1.11. The first-order valence-corrected chi connectivity index (χ1v) is 8.51. The van der Waals surface area contributed by atoms with Gasteiger partial charge in [0.1, 0.15) is 12.4 Å². The Labute approximate surface area is 120 Å². The van der Waals surface area contributed by atoms with Gasteiger partial charge in [-0.25, -0.2) is 8.42 Å². The summed E-state index contributed by atoms with van der Waals surface area (Å²) in [5.74, 6) is 0.644. The third-order valence-corrected chi connectivity index (χ3v) is 5.33. The lowest BCUT2D eigenvalue weighted by Gasteiger charge is -2.20. The van der Waals surface area contributed by atoms with Crippen molar-refractivity contribution in [1.82, 2.24) is 4.31 Å². The van der Waals surface area contributed by atoms with Gasteiger partial charge in [0.2, 0.25) is 10.0 Å². The number of nitrogens with two attached hydrogens (primary N) is 1. The van der Waals surface area contributed by atoms with Gasteiger partial charge in [-0.1, -0.05) is 12.8 Å². The molecule has 0 aromatic heterocycles. The van der Waals surface area contributed by atoms with E-state index < -0.39 is 10.0 Å². The summed E-state index contributed by atoms with van der Waals surface area (Å²) in [7, 11) is -3.37. The Bertz CT molecular complexity index is 506. The molecule has 0 atom stereocenters. The van der Waals surface area contributed by atoms with Gasteiger partial charge in [-0.05, 0) is 37.1 Å². The average molecular weight is 298 g/mol. The van der Waals surface area contributed by atoms with E-state index in [4.69, 9.17) is 10.5 Å². The van der Waals surface area contributed by atoms with Crippen molar-refractivity contribution < 1.29 is 13.2 Å². The smallest absolute Gasteiger partial charge is 0.243 e. The maximum Gasteiger partial charge on any atom is 0.243 e. The van der Waals surface area contributed by atoms with Gasteiger partial charge >= 0.3 is 0 Å². The molecule has 1 aliphatic heterocycles. The van der Waals surface area contributed by atoms with Crippen LogP contribution in [0.5, 0.6) is 5.75 Å². The molecule has 1 aromatic rings. The quantitative estimate of drug-likeness (QED) is 0.896. The molecule has 0 bridgehead atoms.